The molecular formula is C17H16N2O3. The number of fused-ring (bicyclic) bond motifs is 1. The van der Waals surface area contributed by atoms with E-state index in [1.165, 1.54) is 0 Å². The van der Waals surface area contributed by atoms with Crippen molar-refractivity contribution in [3.63, 3.8) is 0 Å². The number of hydrogen-bond donors (Lipinski definition) is 1. The third kappa shape index (κ3) is 2.53. The summed E-state index contributed by atoms with van der Waals surface area (Å²) >= 11 is 0. The number of imidazole rings is 1. The van der Waals surface area contributed by atoms with Crippen molar-refractivity contribution in [1.82, 2.24) is 9.55 Å². The summed E-state index contributed by atoms with van der Waals surface area (Å²) in [5.74, 6) is 0.751. The Bertz CT molecular complexity index is 852. The molecule has 0 atom stereocenters. The van der Waals surface area contributed by atoms with E-state index in [4.69, 9.17) is 9.84 Å². The lowest BCUT2D eigenvalue weighted by Gasteiger charge is -2.05. The maximum atomic E-state index is 10.8. The first-order chi connectivity index (χ1) is 10.6. The summed E-state index contributed by atoms with van der Waals surface area (Å²) in [5, 5.41) is 8.89. The molecule has 5 nitrogen and oxygen atoms in total. The largest absolute Gasteiger partial charge is 0.497 e. The van der Waals surface area contributed by atoms with Crippen LogP contribution in [0.3, 0.4) is 0 Å². The zero-order valence-electron chi connectivity index (χ0n) is 12.4. The van der Waals surface area contributed by atoms with Gasteiger partial charge in [0.1, 0.15) is 11.6 Å². The second-order valence-corrected chi connectivity index (χ2v) is 5.12. The minimum atomic E-state index is -0.844. The number of rotatable bonds is 4. The monoisotopic (exact) mass is 296 g/mol. The van der Waals surface area contributed by atoms with Gasteiger partial charge in [-0.25, -0.2) is 4.98 Å². The third-order valence-corrected chi connectivity index (χ3v) is 3.63. The van der Waals surface area contributed by atoms with Crippen LogP contribution in [-0.2, 0) is 18.3 Å². The fourth-order valence-corrected chi connectivity index (χ4v) is 2.55. The Morgan fingerprint density at radius 2 is 2.09 bits per heavy atom. The highest BCUT2D eigenvalue weighted by atomic mass is 16.5. The van der Waals surface area contributed by atoms with Gasteiger partial charge in [-0.05, 0) is 29.8 Å². The summed E-state index contributed by atoms with van der Waals surface area (Å²) in [6.45, 7) is 0. The number of nitrogens with zero attached hydrogens (tertiary/aromatic N) is 2. The van der Waals surface area contributed by atoms with Crippen molar-refractivity contribution in [2.45, 2.75) is 6.42 Å². The van der Waals surface area contributed by atoms with Crippen LogP contribution in [0.15, 0.2) is 42.5 Å². The van der Waals surface area contributed by atoms with Crippen LogP contribution in [-0.4, -0.2) is 27.7 Å². The number of benzene rings is 2. The third-order valence-electron chi connectivity index (χ3n) is 3.63. The van der Waals surface area contributed by atoms with Crippen molar-refractivity contribution in [3.05, 3.63) is 48.0 Å². The van der Waals surface area contributed by atoms with Gasteiger partial charge in [-0.3, -0.25) is 4.79 Å². The molecule has 0 bridgehead atoms. The van der Waals surface area contributed by atoms with Crippen molar-refractivity contribution in [3.8, 4) is 17.1 Å². The summed E-state index contributed by atoms with van der Waals surface area (Å²) in [6.07, 6.45) is 0.000999. The molecule has 0 spiro atoms. The Kier molecular flexibility index (Phi) is 3.55. The van der Waals surface area contributed by atoms with Crippen LogP contribution < -0.4 is 4.74 Å². The van der Waals surface area contributed by atoms with Gasteiger partial charge in [-0.15, -0.1) is 0 Å². The molecule has 1 heterocycles. The minimum absolute atomic E-state index is 0.000999. The first-order valence-corrected chi connectivity index (χ1v) is 6.90. The van der Waals surface area contributed by atoms with E-state index in [1.54, 1.807) is 7.11 Å². The van der Waals surface area contributed by atoms with Crippen LogP contribution in [0.25, 0.3) is 22.4 Å². The molecule has 2 aromatic carbocycles. The number of carbonyl (C=O) groups is 1. The topological polar surface area (TPSA) is 64.3 Å². The van der Waals surface area contributed by atoms with Crippen LogP contribution in [0.1, 0.15) is 5.56 Å². The molecule has 1 aromatic heterocycles. The summed E-state index contributed by atoms with van der Waals surface area (Å²) in [6, 6.07) is 13.3. The van der Waals surface area contributed by atoms with E-state index in [2.05, 4.69) is 4.98 Å². The molecule has 0 aliphatic heterocycles. The van der Waals surface area contributed by atoms with E-state index in [-0.39, 0.29) is 6.42 Å². The molecule has 3 rings (SSSR count). The van der Waals surface area contributed by atoms with Crippen molar-refractivity contribution < 1.29 is 14.6 Å². The Hall–Kier alpha value is -2.82. The van der Waals surface area contributed by atoms with Crippen LogP contribution in [0.4, 0.5) is 0 Å². The highest BCUT2D eigenvalue weighted by molar-refractivity contribution is 5.82. The number of aliphatic carboxylic acids is 1. The maximum absolute atomic E-state index is 10.8. The molecule has 0 radical (unpaired) electrons. The molecule has 112 valence electrons. The van der Waals surface area contributed by atoms with Gasteiger partial charge >= 0.3 is 5.97 Å². The molecule has 0 amide bonds. The van der Waals surface area contributed by atoms with Crippen molar-refractivity contribution in [2.75, 3.05) is 7.11 Å². The van der Waals surface area contributed by atoms with E-state index < -0.39 is 5.97 Å². The van der Waals surface area contributed by atoms with Crippen LogP contribution in [0.5, 0.6) is 5.75 Å². The minimum Gasteiger partial charge on any atom is -0.497 e. The molecule has 1 N–H and O–H groups in total. The molecule has 22 heavy (non-hydrogen) atoms. The van der Waals surface area contributed by atoms with E-state index in [9.17, 15) is 4.79 Å². The number of aryl methyl sites for hydroxylation is 1. The molecule has 0 fully saturated rings. The Morgan fingerprint density at radius 3 is 2.82 bits per heavy atom. The normalized spacial score (nSPS) is 10.8. The summed E-state index contributed by atoms with van der Waals surface area (Å²) in [5.41, 5.74) is 3.46. The number of methoxy groups -OCH3 is 1. The van der Waals surface area contributed by atoms with Crippen LogP contribution in [0, 0.1) is 0 Å². The predicted octanol–water partition coefficient (Wildman–Crippen LogP) is 2.88. The molecule has 0 saturated heterocycles. The maximum Gasteiger partial charge on any atom is 0.307 e. The predicted molar refractivity (Wildman–Crippen MR) is 84.0 cm³/mol. The Labute approximate surface area is 127 Å². The number of ether oxygens (including phenoxy) is 1. The molecule has 0 aliphatic carbocycles. The average Bonchev–Trinajstić information content (AvgIpc) is 2.83. The average molecular weight is 296 g/mol. The summed E-state index contributed by atoms with van der Waals surface area (Å²) in [7, 11) is 3.58. The molecule has 3 aromatic rings. The Morgan fingerprint density at radius 1 is 1.27 bits per heavy atom. The SMILES string of the molecule is COc1cccc(-c2nc3cc(CC(=O)O)ccc3n2C)c1. The van der Waals surface area contributed by atoms with Gasteiger partial charge in [0, 0.05) is 12.6 Å². The van der Waals surface area contributed by atoms with Crippen molar-refractivity contribution >= 4 is 17.0 Å². The molecular weight excluding hydrogens is 280 g/mol. The molecule has 0 unspecified atom stereocenters. The summed E-state index contributed by atoms with van der Waals surface area (Å²) < 4.78 is 7.25. The van der Waals surface area contributed by atoms with Gasteiger partial charge in [0.05, 0.1) is 24.6 Å². The molecule has 0 aliphatic rings. The van der Waals surface area contributed by atoms with Gasteiger partial charge in [0.2, 0.25) is 0 Å². The highest BCUT2D eigenvalue weighted by Gasteiger charge is 2.11. The first kappa shape index (κ1) is 14.1. The van der Waals surface area contributed by atoms with Crippen LogP contribution in [0.2, 0.25) is 0 Å². The highest BCUT2D eigenvalue weighted by Crippen LogP contribution is 2.27. The van der Waals surface area contributed by atoms with E-state index >= 15 is 0 Å². The number of carboxylic acids is 1. The van der Waals surface area contributed by atoms with E-state index in [1.807, 2.05) is 54.1 Å². The van der Waals surface area contributed by atoms with Crippen molar-refractivity contribution in [1.29, 1.82) is 0 Å². The fourth-order valence-electron chi connectivity index (χ4n) is 2.55. The van der Waals surface area contributed by atoms with E-state index in [0.717, 1.165) is 33.7 Å². The smallest absolute Gasteiger partial charge is 0.307 e. The number of aromatic nitrogens is 2. The standard InChI is InChI=1S/C17H16N2O3/c1-19-15-7-6-11(9-16(20)21)8-14(15)18-17(19)12-4-3-5-13(10-12)22-2/h3-8,10H,9H2,1-2H3,(H,20,21). The lowest BCUT2D eigenvalue weighted by molar-refractivity contribution is -0.136. The second kappa shape index (κ2) is 5.52. The quantitative estimate of drug-likeness (QED) is 0.804. The van der Waals surface area contributed by atoms with Crippen molar-refractivity contribution in [2.24, 2.45) is 7.05 Å². The lowest BCUT2D eigenvalue weighted by Crippen LogP contribution is -1.99. The number of carboxylic acid groups (broad SMARTS) is 1. The zero-order chi connectivity index (χ0) is 15.7. The van der Waals surface area contributed by atoms with Gasteiger partial charge < -0.3 is 14.4 Å². The van der Waals surface area contributed by atoms with E-state index in [0.29, 0.717) is 0 Å². The van der Waals surface area contributed by atoms with Gasteiger partial charge in [-0.2, -0.15) is 0 Å². The Balaban J connectivity index is 2.10. The molecule has 5 heteroatoms. The molecule has 0 saturated carbocycles. The zero-order valence-corrected chi connectivity index (χ0v) is 12.4. The van der Waals surface area contributed by atoms with Gasteiger partial charge in [0.15, 0.2) is 0 Å². The summed E-state index contributed by atoms with van der Waals surface area (Å²) in [4.78, 5) is 15.5. The fraction of sp³-hybridized carbons (Fsp3) is 0.176. The number of hydrogen-bond acceptors (Lipinski definition) is 3. The van der Waals surface area contributed by atoms with Crippen LogP contribution >= 0.6 is 0 Å². The second-order valence-electron chi connectivity index (χ2n) is 5.12. The lowest BCUT2D eigenvalue weighted by atomic mass is 10.1. The first-order valence-electron chi connectivity index (χ1n) is 6.90. The van der Waals surface area contributed by atoms with Gasteiger partial charge in [-0.1, -0.05) is 18.2 Å². The van der Waals surface area contributed by atoms with Gasteiger partial charge in [0.25, 0.3) is 0 Å².